The highest BCUT2D eigenvalue weighted by Gasteiger charge is 2.69. The zero-order valence-electron chi connectivity index (χ0n) is 9.21. The molecule has 84 valence electrons. The first kappa shape index (κ1) is 9.41. The Balaban J connectivity index is 1.51. The van der Waals surface area contributed by atoms with Crippen molar-refractivity contribution in [1.29, 1.82) is 0 Å². The third-order valence-corrected chi connectivity index (χ3v) is 6.77. The molecule has 2 heteroatoms. The number of hydrogen-bond acceptors (Lipinski definition) is 1. The van der Waals surface area contributed by atoms with Crippen LogP contribution in [0.3, 0.4) is 0 Å². The van der Waals surface area contributed by atoms with E-state index in [4.69, 9.17) is 0 Å². The lowest BCUT2D eigenvalue weighted by molar-refractivity contribution is 0.592. The summed E-state index contributed by atoms with van der Waals surface area (Å²) in [4.78, 5) is 0. The molecule has 4 aliphatic carbocycles. The Hall–Kier alpha value is -0.630. The molecule has 0 saturated heterocycles. The van der Waals surface area contributed by atoms with Gasteiger partial charge in [-0.25, -0.2) is 0 Å². The van der Waals surface area contributed by atoms with Crippen molar-refractivity contribution < 1.29 is 4.21 Å². The second-order valence-corrected chi connectivity index (χ2v) is 7.21. The maximum absolute atomic E-state index is 12.4. The van der Waals surface area contributed by atoms with Crippen LogP contribution in [0.2, 0.25) is 0 Å². The number of rotatable bonds is 3. The molecule has 4 bridgehead atoms. The van der Waals surface area contributed by atoms with Gasteiger partial charge in [0.1, 0.15) is 0 Å². The zero-order chi connectivity index (χ0) is 10.7. The van der Waals surface area contributed by atoms with Crippen molar-refractivity contribution in [3.8, 4) is 0 Å². The third kappa shape index (κ3) is 1.20. The van der Waals surface area contributed by atoms with Crippen LogP contribution in [0.4, 0.5) is 0 Å². The number of benzene rings is 1. The van der Waals surface area contributed by atoms with Crippen molar-refractivity contribution >= 4 is 10.8 Å². The summed E-state index contributed by atoms with van der Waals surface area (Å²) in [6, 6.07) is 10.3. The predicted octanol–water partition coefficient (Wildman–Crippen LogP) is 2.59. The van der Waals surface area contributed by atoms with Gasteiger partial charge in [-0.1, -0.05) is 30.3 Å². The van der Waals surface area contributed by atoms with Crippen LogP contribution in [0.25, 0.3) is 0 Å². The van der Waals surface area contributed by atoms with Gasteiger partial charge in [0, 0.05) is 21.8 Å². The van der Waals surface area contributed by atoms with E-state index in [1.807, 2.05) is 18.2 Å². The van der Waals surface area contributed by atoms with Crippen molar-refractivity contribution in [3.05, 3.63) is 35.9 Å². The maximum atomic E-state index is 12.4. The monoisotopic (exact) mass is 232 g/mol. The van der Waals surface area contributed by atoms with Gasteiger partial charge in [0.15, 0.2) is 0 Å². The molecule has 0 spiro atoms. The fourth-order valence-electron chi connectivity index (χ4n) is 4.23. The third-order valence-electron chi connectivity index (χ3n) is 4.85. The molecule has 0 aliphatic heterocycles. The molecule has 4 atom stereocenters. The van der Waals surface area contributed by atoms with Crippen LogP contribution in [-0.2, 0) is 16.6 Å². The first-order valence-electron chi connectivity index (χ1n) is 6.25. The average Bonchev–Trinajstić information content (AvgIpc) is 2.75. The largest absolute Gasteiger partial charge is 0.259 e. The first-order valence-corrected chi connectivity index (χ1v) is 7.64. The molecule has 4 saturated carbocycles. The summed E-state index contributed by atoms with van der Waals surface area (Å²) in [6.45, 7) is 0. The minimum absolute atomic E-state index is 0.551. The molecular formula is C14H16OS. The van der Waals surface area contributed by atoms with Gasteiger partial charge in [0.05, 0.1) is 0 Å². The Morgan fingerprint density at radius 2 is 1.81 bits per heavy atom. The van der Waals surface area contributed by atoms with Crippen LogP contribution in [0, 0.1) is 23.7 Å². The second kappa shape index (κ2) is 3.19. The molecule has 4 fully saturated rings. The molecule has 0 amide bonds. The van der Waals surface area contributed by atoms with Crippen molar-refractivity contribution in [2.45, 2.75) is 23.8 Å². The summed E-state index contributed by atoms with van der Waals surface area (Å²) in [7, 11) is -0.623. The molecular weight excluding hydrogens is 216 g/mol. The minimum atomic E-state index is -0.623. The van der Waals surface area contributed by atoms with Crippen LogP contribution in [0.5, 0.6) is 0 Å². The summed E-state index contributed by atoms with van der Waals surface area (Å²) >= 11 is 0. The second-order valence-electron chi connectivity index (χ2n) is 5.61. The van der Waals surface area contributed by atoms with Gasteiger partial charge in [-0.2, -0.15) is 0 Å². The molecule has 1 aromatic rings. The summed E-state index contributed by atoms with van der Waals surface area (Å²) in [5, 5.41) is 0.551. The SMILES string of the molecule is O=S(Cc1ccccc1)C1C2CC3C(C2)C31. The first-order chi connectivity index (χ1) is 7.84. The van der Waals surface area contributed by atoms with E-state index in [-0.39, 0.29) is 0 Å². The quantitative estimate of drug-likeness (QED) is 0.783. The summed E-state index contributed by atoms with van der Waals surface area (Å²) in [5.74, 6) is 4.40. The molecule has 4 aliphatic rings. The molecule has 0 N–H and O–H groups in total. The van der Waals surface area contributed by atoms with Gasteiger partial charge < -0.3 is 0 Å². The average molecular weight is 232 g/mol. The van der Waals surface area contributed by atoms with E-state index in [1.54, 1.807) is 0 Å². The highest BCUT2D eigenvalue weighted by molar-refractivity contribution is 7.84. The fourth-order valence-corrected chi connectivity index (χ4v) is 6.35. The zero-order valence-corrected chi connectivity index (χ0v) is 10.0. The van der Waals surface area contributed by atoms with Crippen molar-refractivity contribution in [3.63, 3.8) is 0 Å². The standard InChI is InChI=1S/C14H16OS/c15-16(8-9-4-2-1-3-5-9)14-10-6-11-12(7-10)13(11)14/h1-5,10-14H,6-8H2. The van der Waals surface area contributed by atoms with E-state index in [0.29, 0.717) is 5.25 Å². The highest BCUT2D eigenvalue weighted by Crippen LogP contribution is 2.71. The van der Waals surface area contributed by atoms with Crippen LogP contribution in [0.1, 0.15) is 18.4 Å². The van der Waals surface area contributed by atoms with E-state index < -0.39 is 10.8 Å². The Morgan fingerprint density at radius 1 is 1.12 bits per heavy atom. The van der Waals surface area contributed by atoms with Gasteiger partial charge in [-0.3, -0.25) is 4.21 Å². The van der Waals surface area contributed by atoms with E-state index >= 15 is 0 Å². The van der Waals surface area contributed by atoms with Gasteiger partial charge in [0.25, 0.3) is 0 Å². The van der Waals surface area contributed by atoms with E-state index in [9.17, 15) is 4.21 Å². The number of hydrogen-bond donors (Lipinski definition) is 0. The smallest absolute Gasteiger partial charge is 0.0488 e. The van der Waals surface area contributed by atoms with Crippen molar-refractivity contribution in [2.24, 2.45) is 23.7 Å². The predicted molar refractivity (Wildman–Crippen MR) is 65.3 cm³/mol. The summed E-state index contributed by atoms with van der Waals surface area (Å²) in [5.41, 5.74) is 1.24. The molecule has 0 heterocycles. The Morgan fingerprint density at radius 3 is 2.38 bits per heavy atom. The van der Waals surface area contributed by atoms with Crippen molar-refractivity contribution in [2.75, 3.05) is 0 Å². The summed E-state index contributed by atoms with van der Waals surface area (Å²) < 4.78 is 12.4. The fraction of sp³-hybridized carbons (Fsp3) is 0.571. The van der Waals surface area contributed by atoms with Gasteiger partial charge in [0.2, 0.25) is 0 Å². The highest BCUT2D eigenvalue weighted by atomic mass is 32.2. The molecule has 4 unspecified atom stereocenters. The molecule has 1 aromatic carbocycles. The lowest BCUT2D eigenvalue weighted by Crippen LogP contribution is -2.20. The molecule has 0 aromatic heterocycles. The van der Waals surface area contributed by atoms with Crippen LogP contribution >= 0.6 is 0 Å². The van der Waals surface area contributed by atoms with Gasteiger partial charge in [-0.05, 0) is 42.1 Å². The van der Waals surface area contributed by atoms with Crippen LogP contribution < -0.4 is 0 Å². The van der Waals surface area contributed by atoms with Crippen molar-refractivity contribution in [1.82, 2.24) is 0 Å². The Kier molecular flexibility index (Phi) is 1.88. The maximum Gasteiger partial charge on any atom is 0.0488 e. The molecule has 1 nitrogen and oxygen atoms in total. The Labute approximate surface area is 98.7 Å². The van der Waals surface area contributed by atoms with Gasteiger partial charge >= 0.3 is 0 Å². The molecule has 16 heavy (non-hydrogen) atoms. The van der Waals surface area contributed by atoms with Gasteiger partial charge in [-0.15, -0.1) is 0 Å². The van der Waals surface area contributed by atoms with E-state index in [2.05, 4.69) is 12.1 Å². The lowest BCUT2D eigenvalue weighted by Gasteiger charge is -2.14. The summed E-state index contributed by atoms with van der Waals surface area (Å²) in [6.07, 6.45) is 2.78. The van der Waals surface area contributed by atoms with E-state index in [1.165, 1.54) is 18.4 Å². The van der Waals surface area contributed by atoms with Crippen LogP contribution in [0.15, 0.2) is 30.3 Å². The normalized spacial score (nSPS) is 44.6. The minimum Gasteiger partial charge on any atom is -0.259 e. The molecule has 0 radical (unpaired) electrons. The van der Waals surface area contributed by atoms with E-state index in [0.717, 1.165) is 29.4 Å². The van der Waals surface area contributed by atoms with Crippen LogP contribution in [-0.4, -0.2) is 9.46 Å². The molecule has 5 rings (SSSR count). The topological polar surface area (TPSA) is 17.1 Å². The lowest BCUT2D eigenvalue weighted by atomic mass is 10.1. The Bertz CT molecular complexity index is 427.